The lowest BCUT2D eigenvalue weighted by Gasteiger charge is -2.40. The molecule has 1 amide bonds. The third kappa shape index (κ3) is 6.56. The Kier molecular flexibility index (Phi) is 12.8. The first-order valence-electron chi connectivity index (χ1n) is 6.36. The number of carbonyl (C=O) groups is 1. The van der Waals surface area contributed by atoms with E-state index in [-0.39, 0.29) is 37.3 Å². The second-order valence-electron chi connectivity index (χ2n) is 4.72. The van der Waals surface area contributed by atoms with Crippen LogP contribution in [0.15, 0.2) is 0 Å². The molecule has 6 nitrogen and oxygen atoms in total. The maximum absolute atomic E-state index is 12.0. The van der Waals surface area contributed by atoms with Gasteiger partial charge in [-0.1, -0.05) is 0 Å². The van der Waals surface area contributed by atoms with Crippen LogP contribution in [-0.2, 0) is 14.3 Å². The molecule has 1 aliphatic heterocycles. The minimum Gasteiger partial charge on any atom is -0.383 e. The van der Waals surface area contributed by atoms with Gasteiger partial charge in [-0.3, -0.25) is 9.69 Å². The second-order valence-corrected chi connectivity index (χ2v) is 4.72. The van der Waals surface area contributed by atoms with Crippen molar-refractivity contribution in [2.24, 2.45) is 5.73 Å². The molecule has 8 heteroatoms. The highest BCUT2D eigenvalue weighted by Crippen LogP contribution is 2.10. The van der Waals surface area contributed by atoms with Gasteiger partial charge in [0.2, 0.25) is 5.91 Å². The highest BCUT2D eigenvalue weighted by atomic mass is 35.5. The number of amides is 1. The van der Waals surface area contributed by atoms with Crippen LogP contribution in [0.2, 0.25) is 0 Å². The van der Waals surface area contributed by atoms with E-state index < -0.39 is 6.04 Å². The van der Waals surface area contributed by atoms with E-state index in [2.05, 4.69) is 11.8 Å². The number of hydrogen-bond acceptors (Lipinski definition) is 5. The SMILES string of the molecule is COCCN1CCN(C(=O)C(N)COC)CC1C.Cl.Cl. The molecule has 0 saturated carbocycles. The number of nitrogens with two attached hydrogens (primary N) is 1. The zero-order valence-electron chi connectivity index (χ0n) is 12.4. The highest BCUT2D eigenvalue weighted by Gasteiger charge is 2.28. The molecule has 0 aromatic heterocycles. The van der Waals surface area contributed by atoms with Crippen molar-refractivity contribution in [2.45, 2.75) is 19.0 Å². The quantitative estimate of drug-likeness (QED) is 0.741. The molecule has 0 aromatic carbocycles. The summed E-state index contributed by atoms with van der Waals surface area (Å²) >= 11 is 0. The lowest BCUT2D eigenvalue weighted by atomic mass is 10.1. The van der Waals surface area contributed by atoms with Crippen molar-refractivity contribution in [3.05, 3.63) is 0 Å². The summed E-state index contributed by atoms with van der Waals surface area (Å²) in [5.74, 6) is -0.0184. The summed E-state index contributed by atoms with van der Waals surface area (Å²) in [4.78, 5) is 16.2. The van der Waals surface area contributed by atoms with Crippen molar-refractivity contribution in [1.82, 2.24) is 9.80 Å². The van der Waals surface area contributed by atoms with Gasteiger partial charge in [0.15, 0.2) is 0 Å². The monoisotopic (exact) mass is 331 g/mol. The van der Waals surface area contributed by atoms with Crippen LogP contribution in [0.4, 0.5) is 0 Å². The molecule has 0 bridgehead atoms. The molecule has 0 aromatic rings. The molecular weight excluding hydrogens is 305 g/mol. The summed E-state index contributed by atoms with van der Waals surface area (Å²) in [6.07, 6.45) is 0. The van der Waals surface area contributed by atoms with E-state index in [1.807, 2.05) is 4.90 Å². The highest BCUT2D eigenvalue weighted by molar-refractivity contribution is 5.85. The third-order valence-corrected chi connectivity index (χ3v) is 3.32. The van der Waals surface area contributed by atoms with Gasteiger partial charge in [0, 0.05) is 46.4 Å². The predicted molar refractivity (Wildman–Crippen MR) is 83.8 cm³/mol. The average Bonchev–Trinajstić information content (AvgIpc) is 2.36. The summed E-state index contributed by atoms with van der Waals surface area (Å²) in [5, 5.41) is 0. The van der Waals surface area contributed by atoms with Gasteiger partial charge < -0.3 is 20.1 Å². The van der Waals surface area contributed by atoms with E-state index in [0.29, 0.717) is 6.04 Å². The van der Waals surface area contributed by atoms with Gasteiger partial charge >= 0.3 is 0 Å². The smallest absolute Gasteiger partial charge is 0.241 e. The number of rotatable bonds is 6. The molecule has 20 heavy (non-hydrogen) atoms. The van der Waals surface area contributed by atoms with Gasteiger partial charge in [-0.25, -0.2) is 0 Å². The summed E-state index contributed by atoms with van der Waals surface area (Å²) in [6.45, 7) is 6.35. The number of ether oxygens (including phenoxy) is 2. The van der Waals surface area contributed by atoms with Crippen molar-refractivity contribution in [3.63, 3.8) is 0 Å². The number of halogens is 2. The number of piperazine rings is 1. The van der Waals surface area contributed by atoms with Crippen molar-refractivity contribution < 1.29 is 14.3 Å². The Morgan fingerprint density at radius 1 is 1.30 bits per heavy atom. The fraction of sp³-hybridized carbons (Fsp3) is 0.917. The molecule has 122 valence electrons. The first-order chi connectivity index (χ1) is 8.60. The first-order valence-corrected chi connectivity index (χ1v) is 6.36. The van der Waals surface area contributed by atoms with Crippen LogP contribution >= 0.6 is 24.8 Å². The van der Waals surface area contributed by atoms with Crippen LogP contribution in [-0.4, -0.2) is 81.4 Å². The van der Waals surface area contributed by atoms with Gasteiger partial charge in [0.1, 0.15) is 6.04 Å². The van der Waals surface area contributed by atoms with Crippen LogP contribution in [0.5, 0.6) is 0 Å². The van der Waals surface area contributed by atoms with Crippen LogP contribution in [0.1, 0.15) is 6.92 Å². The molecule has 1 fully saturated rings. The Morgan fingerprint density at radius 3 is 2.45 bits per heavy atom. The van der Waals surface area contributed by atoms with Gasteiger partial charge in [-0.2, -0.15) is 0 Å². The topological polar surface area (TPSA) is 68.0 Å². The molecular formula is C12H27Cl2N3O3. The van der Waals surface area contributed by atoms with Crippen molar-refractivity contribution in [1.29, 1.82) is 0 Å². The van der Waals surface area contributed by atoms with Crippen LogP contribution in [0.25, 0.3) is 0 Å². The maximum atomic E-state index is 12.0. The Morgan fingerprint density at radius 2 is 1.95 bits per heavy atom. The molecule has 1 saturated heterocycles. The summed E-state index contributed by atoms with van der Waals surface area (Å²) < 4.78 is 10.00. The predicted octanol–water partition coefficient (Wildman–Crippen LogP) is -0.0172. The molecule has 0 aliphatic carbocycles. The van der Waals surface area contributed by atoms with Gasteiger partial charge in [0.05, 0.1) is 13.2 Å². The van der Waals surface area contributed by atoms with E-state index >= 15 is 0 Å². The van der Waals surface area contributed by atoms with Crippen LogP contribution < -0.4 is 5.73 Å². The molecule has 1 heterocycles. The van der Waals surface area contributed by atoms with E-state index in [0.717, 1.165) is 32.8 Å². The molecule has 1 aliphatic rings. The Bertz CT molecular complexity index is 272. The van der Waals surface area contributed by atoms with E-state index in [4.69, 9.17) is 15.2 Å². The Hall–Kier alpha value is -0.110. The Balaban J connectivity index is 0. The normalized spacial score (nSPS) is 20.8. The molecule has 0 spiro atoms. The molecule has 0 radical (unpaired) electrons. The summed E-state index contributed by atoms with van der Waals surface area (Å²) in [5.41, 5.74) is 5.77. The number of methoxy groups -OCH3 is 2. The minimum absolute atomic E-state index is 0. The molecule has 2 atom stereocenters. The van der Waals surface area contributed by atoms with Gasteiger partial charge in [-0.15, -0.1) is 24.8 Å². The number of nitrogens with zero attached hydrogens (tertiary/aromatic N) is 2. The zero-order valence-corrected chi connectivity index (χ0v) is 14.0. The fourth-order valence-corrected chi connectivity index (χ4v) is 2.22. The summed E-state index contributed by atoms with van der Waals surface area (Å²) in [6, 6.07) is -0.208. The van der Waals surface area contributed by atoms with Gasteiger partial charge in [-0.05, 0) is 6.92 Å². The van der Waals surface area contributed by atoms with Crippen molar-refractivity contribution in [2.75, 3.05) is 53.6 Å². The lowest BCUT2D eigenvalue weighted by molar-refractivity contribution is -0.136. The largest absolute Gasteiger partial charge is 0.383 e. The zero-order chi connectivity index (χ0) is 13.5. The van der Waals surface area contributed by atoms with Crippen LogP contribution in [0, 0.1) is 0 Å². The standard InChI is InChI=1S/C12H25N3O3.2ClH/c1-10-8-15(12(16)11(13)9-18-3)5-4-14(10)6-7-17-2;;/h10-11H,4-9,13H2,1-3H3;2*1H. The van der Waals surface area contributed by atoms with E-state index in [1.54, 1.807) is 14.2 Å². The maximum Gasteiger partial charge on any atom is 0.241 e. The lowest BCUT2D eigenvalue weighted by Crippen LogP contribution is -2.57. The first kappa shape index (κ1) is 22.2. The van der Waals surface area contributed by atoms with E-state index in [1.165, 1.54) is 0 Å². The fourth-order valence-electron chi connectivity index (χ4n) is 2.22. The molecule has 2 unspecified atom stereocenters. The summed E-state index contributed by atoms with van der Waals surface area (Å²) in [7, 11) is 3.26. The van der Waals surface area contributed by atoms with E-state index in [9.17, 15) is 4.79 Å². The van der Waals surface area contributed by atoms with Gasteiger partial charge in [0.25, 0.3) is 0 Å². The molecule has 1 rings (SSSR count). The van der Waals surface area contributed by atoms with Crippen molar-refractivity contribution in [3.8, 4) is 0 Å². The number of carbonyl (C=O) groups excluding carboxylic acids is 1. The third-order valence-electron chi connectivity index (χ3n) is 3.32. The minimum atomic E-state index is -0.548. The Labute approximate surface area is 133 Å². The molecule has 2 N–H and O–H groups in total. The second kappa shape index (κ2) is 11.5. The van der Waals surface area contributed by atoms with Crippen molar-refractivity contribution >= 4 is 30.7 Å². The van der Waals surface area contributed by atoms with Crippen LogP contribution in [0.3, 0.4) is 0 Å². The number of hydrogen-bond donors (Lipinski definition) is 1. The average molecular weight is 332 g/mol.